The number of carbonyl (C=O) groups excluding carboxylic acids is 1. The lowest BCUT2D eigenvalue weighted by molar-refractivity contribution is 0.0502. The Hall–Kier alpha value is 0.290. The van der Waals surface area contributed by atoms with Gasteiger partial charge in [-0.1, -0.05) is 53.0 Å². The van der Waals surface area contributed by atoms with Crippen molar-refractivity contribution in [2.75, 3.05) is 0 Å². The average Bonchev–Trinajstić information content (AvgIpc) is 2.17. The van der Waals surface area contributed by atoms with Crippen molar-refractivity contribution >= 4 is 63.4 Å². The number of carbonyl (C=O) groups is 1. The fourth-order valence-electron chi connectivity index (χ4n) is 0.790. The van der Waals surface area contributed by atoms with Gasteiger partial charge in [-0.05, 0) is 41.6 Å². The number of benzene rings is 1. The van der Waals surface area contributed by atoms with Gasteiger partial charge in [0.25, 0.3) is 0 Å². The molecule has 0 aromatic heterocycles. The highest BCUT2D eigenvalue weighted by molar-refractivity contribution is 14.1. The van der Waals surface area contributed by atoms with Gasteiger partial charge in [-0.2, -0.15) is 0 Å². The lowest BCUT2D eigenvalue weighted by atomic mass is 10.2. The van der Waals surface area contributed by atoms with Gasteiger partial charge in [-0.3, -0.25) is 0 Å². The highest BCUT2D eigenvalue weighted by Gasteiger charge is 2.07. The van der Waals surface area contributed by atoms with Crippen molar-refractivity contribution < 1.29 is 9.53 Å². The molecule has 0 saturated carbocycles. The van der Waals surface area contributed by atoms with Crippen molar-refractivity contribution in [2.24, 2.45) is 0 Å². The molecule has 0 aliphatic rings. The Morgan fingerprint density at radius 2 is 1.69 bits per heavy atom. The van der Waals surface area contributed by atoms with E-state index in [-0.39, 0.29) is 10.1 Å². The molecule has 16 heavy (non-hydrogen) atoms. The van der Waals surface area contributed by atoms with Crippen LogP contribution < -0.4 is 0 Å². The molecule has 0 saturated heterocycles. The Kier molecular flexibility index (Phi) is 9.50. The molecular formula is C10H10Cl3IO2. The monoisotopic (exact) mass is 394 g/mol. The molecule has 0 bridgehead atoms. The minimum absolute atomic E-state index is 0.0877. The standard InChI is InChI=1S/C9H9IO2.CHCl3/c1-7(10)12-9(11)8-5-3-2-4-6-8;2-1(3)4/h2-7H,1H3;1H. The van der Waals surface area contributed by atoms with Crippen molar-refractivity contribution in [1.82, 2.24) is 0 Å². The van der Waals surface area contributed by atoms with Gasteiger partial charge < -0.3 is 4.74 Å². The van der Waals surface area contributed by atoms with E-state index in [1.165, 1.54) is 0 Å². The summed E-state index contributed by atoms with van der Waals surface area (Å²) in [5.41, 5.74) is 0.598. The second kappa shape index (κ2) is 9.33. The zero-order valence-corrected chi connectivity index (χ0v) is 12.8. The molecule has 0 aliphatic carbocycles. The number of rotatable bonds is 2. The maximum atomic E-state index is 11.2. The Morgan fingerprint density at radius 3 is 2.06 bits per heavy atom. The second-order valence-electron chi connectivity index (χ2n) is 2.56. The average molecular weight is 395 g/mol. The van der Waals surface area contributed by atoms with Crippen LogP contribution in [0.25, 0.3) is 0 Å². The first kappa shape index (κ1) is 16.3. The summed E-state index contributed by atoms with van der Waals surface area (Å²) in [6.07, 6.45) is 0. The normalized spacial score (nSPS) is 11.4. The maximum Gasteiger partial charge on any atom is 0.339 e. The summed E-state index contributed by atoms with van der Waals surface area (Å²) in [5.74, 6) is -0.266. The van der Waals surface area contributed by atoms with Crippen LogP contribution in [0.4, 0.5) is 0 Å². The van der Waals surface area contributed by atoms with Gasteiger partial charge in [0.05, 0.1) is 5.56 Å². The van der Waals surface area contributed by atoms with E-state index in [1.807, 2.05) is 47.7 Å². The lowest BCUT2D eigenvalue weighted by Gasteiger charge is -2.05. The third kappa shape index (κ3) is 9.51. The van der Waals surface area contributed by atoms with Crippen molar-refractivity contribution in [3.8, 4) is 0 Å². The number of ether oxygens (including phenoxy) is 1. The lowest BCUT2D eigenvalue weighted by Crippen LogP contribution is -2.08. The zero-order chi connectivity index (χ0) is 12.6. The first-order valence-electron chi connectivity index (χ1n) is 4.25. The number of halogens is 4. The van der Waals surface area contributed by atoms with E-state index < -0.39 is 4.30 Å². The van der Waals surface area contributed by atoms with Crippen molar-refractivity contribution in [3.63, 3.8) is 0 Å². The zero-order valence-electron chi connectivity index (χ0n) is 8.37. The first-order chi connectivity index (χ1) is 7.43. The molecule has 1 aromatic carbocycles. The Labute approximate surface area is 123 Å². The number of esters is 1. The number of alkyl halides is 4. The van der Waals surface area contributed by atoms with Crippen molar-refractivity contribution in [3.05, 3.63) is 35.9 Å². The summed E-state index contributed by atoms with van der Waals surface area (Å²) in [7, 11) is 0. The molecule has 1 aromatic rings. The van der Waals surface area contributed by atoms with Crippen LogP contribution in [0, 0.1) is 0 Å². The third-order valence-corrected chi connectivity index (χ3v) is 1.53. The van der Waals surface area contributed by atoms with Gasteiger partial charge in [-0.25, -0.2) is 4.79 Å². The van der Waals surface area contributed by atoms with Gasteiger partial charge in [0.15, 0.2) is 4.30 Å². The van der Waals surface area contributed by atoms with Crippen molar-refractivity contribution in [2.45, 2.75) is 15.3 Å². The van der Waals surface area contributed by atoms with E-state index in [4.69, 9.17) is 39.5 Å². The minimum atomic E-state index is -0.750. The Balaban J connectivity index is 0.000000487. The van der Waals surface area contributed by atoms with Gasteiger partial charge in [0.1, 0.15) is 4.11 Å². The van der Waals surface area contributed by atoms with Crippen LogP contribution in [0.15, 0.2) is 30.3 Å². The van der Waals surface area contributed by atoms with Gasteiger partial charge in [-0.15, -0.1) is 0 Å². The van der Waals surface area contributed by atoms with Crippen LogP contribution in [0.5, 0.6) is 0 Å². The van der Waals surface area contributed by atoms with Crippen LogP contribution in [0.2, 0.25) is 0 Å². The number of hydrogen-bond donors (Lipinski definition) is 0. The van der Waals surface area contributed by atoms with Gasteiger partial charge in [0.2, 0.25) is 0 Å². The molecule has 6 heteroatoms. The molecule has 0 heterocycles. The van der Waals surface area contributed by atoms with E-state index >= 15 is 0 Å². The summed E-state index contributed by atoms with van der Waals surface area (Å²) in [5, 5.41) is 0. The molecule has 1 rings (SSSR count). The quantitative estimate of drug-likeness (QED) is 0.415. The minimum Gasteiger partial charge on any atom is -0.448 e. The molecular weight excluding hydrogens is 385 g/mol. The Bertz CT molecular complexity index is 301. The highest BCUT2D eigenvalue weighted by atomic mass is 127. The molecule has 1 unspecified atom stereocenters. The molecule has 0 radical (unpaired) electrons. The van der Waals surface area contributed by atoms with Gasteiger partial charge >= 0.3 is 5.97 Å². The third-order valence-electron chi connectivity index (χ3n) is 1.28. The first-order valence-corrected chi connectivity index (χ1v) is 6.81. The molecule has 0 spiro atoms. The van der Waals surface area contributed by atoms with E-state index in [2.05, 4.69) is 0 Å². The Morgan fingerprint density at radius 1 is 1.25 bits per heavy atom. The van der Waals surface area contributed by atoms with Gasteiger partial charge in [0, 0.05) is 0 Å². The largest absolute Gasteiger partial charge is 0.448 e. The summed E-state index contributed by atoms with van der Waals surface area (Å²) < 4.78 is 4.15. The topological polar surface area (TPSA) is 26.3 Å². The van der Waals surface area contributed by atoms with Crippen LogP contribution in [0.1, 0.15) is 17.3 Å². The predicted molar refractivity (Wildman–Crippen MR) is 76.7 cm³/mol. The van der Waals surface area contributed by atoms with Crippen molar-refractivity contribution in [1.29, 1.82) is 0 Å². The molecule has 0 amide bonds. The number of hydrogen-bond acceptors (Lipinski definition) is 2. The SMILES string of the molecule is CC(I)OC(=O)c1ccccc1.ClC(Cl)Cl. The van der Waals surface area contributed by atoms with E-state index in [0.717, 1.165) is 0 Å². The smallest absolute Gasteiger partial charge is 0.339 e. The van der Waals surface area contributed by atoms with E-state index in [9.17, 15) is 4.79 Å². The molecule has 0 N–H and O–H groups in total. The summed E-state index contributed by atoms with van der Waals surface area (Å²) in [6, 6.07) is 8.97. The molecule has 0 fully saturated rings. The molecule has 0 aliphatic heterocycles. The van der Waals surface area contributed by atoms with Crippen LogP contribution in [0.3, 0.4) is 0 Å². The molecule has 2 nitrogen and oxygen atoms in total. The van der Waals surface area contributed by atoms with Crippen LogP contribution in [-0.2, 0) is 4.74 Å². The molecule has 1 atom stereocenters. The maximum absolute atomic E-state index is 11.2. The summed E-state index contributed by atoms with van der Waals surface area (Å²) in [4.78, 5) is 11.2. The fraction of sp³-hybridized carbons (Fsp3) is 0.300. The van der Waals surface area contributed by atoms with E-state index in [1.54, 1.807) is 12.1 Å². The second-order valence-corrected chi connectivity index (χ2v) is 6.30. The summed E-state index contributed by atoms with van der Waals surface area (Å²) >= 11 is 16.5. The predicted octanol–water partition coefficient (Wildman–Crippen LogP) is 4.61. The van der Waals surface area contributed by atoms with Crippen LogP contribution in [-0.4, -0.2) is 14.4 Å². The fourth-order valence-corrected chi connectivity index (χ4v) is 1.02. The summed E-state index contributed by atoms with van der Waals surface area (Å²) in [6.45, 7) is 1.82. The van der Waals surface area contributed by atoms with Crippen LogP contribution >= 0.6 is 57.4 Å². The molecule has 90 valence electrons. The van der Waals surface area contributed by atoms with E-state index in [0.29, 0.717) is 5.56 Å². The highest BCUT2D eigenvalue weighted by Crippen LogP contribution is 2.07.